The van der Waals surface area contributed by atoms with E-state index in [4.69, 9.17) is 8.53 Å². The number of furan rings is 1. The lowest BCUT2D eigenvalue weighted by Gasteiger charge is -2.18. The second-order valence-corrected chi connectivity index (χ2v) is 10.9. The van der Waals surface area contributed by atoms with Crippen molar-refractivity contribution in [3.8, 4) is 33.4 Å². The minimum Gasteiger partial charge on any atom is -0.455 e. The molecule has 0 aliphatic carbocycles. The SMILES string of the molecule is [2H]c1c([2H])c(-c2ccccc2)c([2H])c(-c2c3ccccc3c(-c3cccc4c3oc3ccc5ccccc5c34)c3ccccc23)c1[2H]. The summed E-state index contributed by atoms with van der Waals surface area (Å²) in [7, 11) is 0. The maximum Gasteiger partial charge on any atom is 0.143 e. The Morgan fingerprint density at radius 3 is 1.79 bits per heavy atom. The molecule has 0 unspecified atom stereocenters. The smallest absolute Gasteiger partial charge is 0.143 e. The summed E-state index contributed by atoms with van der Waals surface area (Å²) >= 11 is 0. The third kappa shape index (κ3) is 3.65. The number of benzene rings is 8. The van der Waals surface area contributed by atoms with E-state index in [0.29, 0.717) is 16.7 Å². The van der Waals surface area contributed by atoms with E-state index in [2.05, 4.69) is 60.7 Å². The third-order valence-corrected chi connectivity index (χ3v) is 8.53. The van der Waals surface area contributed by atoms with Gasteiger partial charge in [-0.3, -0.25) is 0 Å². The van der Waals surface area contributed by atoms with Crippen LogP contribution in [0.25, 0.3) is 87.6 Å². The van der Waals surface area contributed by atoms with Gasteiger partial charge >= 0.3 is 0 Å². The molecule has 200 valence electrons. The zero-order valence-electron chi connectivity index (χ0n) is 27.1. The maximum absolute atomic E-state index is 9.47. The molecular formula is C42H26O. The molecule has 9 rings (SSSR count). The van der Waals surface area contributed by atoms with Gasteiger partial charge in [-0.2, -0.15) is 0 Å². The van der Waals surface area contributed by atoms with Crippen LogP contribution in [0.15, 0.2) is 162 Å². The van der Waals surface area contributed by atoms with Crippen molar-refractivity contribution in [3.63, 3.8) is 0 Å². The lowest BCUT2D eigenvalue weighted by Crippen LogP contribution is -1.91. The van der Waals surface area contributed by atoms with E-state index < -0.39 is 0 Å². The molecule has 0 radical (unpaired) electrons. The van der Waals surface area contributed by atoms with Gasteiger partial charge in [0.05, 0.1) is 5.48 Å². The van der Waals surface area contributed by atoms with E-state index in [1.165, 1.54) is 0 Å². The minimum absolute atomic E-state index is 0.0801. The molecule has 9 aromatic rings. The Bertz CT molecular complexity index is 2670. The first-order valence-electron chi connectivity index (χ1n) is 16.5. The topological polar surface area (TPSA) is 13.1 Å². The Labute approximate surface area is 254 Å². The largest absolute Gasteiger partial charge is 0.455 e. The summed E-state index contributed by atoms with van der Waals surface area (Å²) < 4.78 is 42.9. The first-order chi connectivity index (χ1) is 23.0. The van der Waals surface area contributed by atoms with Crippen molar-refractivity contribution in [1.82, 2.24) is 0 Å². The zero-order valence-corrected chi connectivity index (χ0v) is 23.1. The van der Waals surface area contributed by atoms with Crippen molar-refractivity contribution < 1.29 is 9.90 Å². The fourth-order valence-corrected chi connectivity index (χ4v) is 6.67. The lowest BCUT2D eigenvalue weighted by molar-refractivity contribution is 0.670. The molecule has 0 atom stereocenters. The second-order valence-electron chi connectivity index (χ2n) is 10.9. The average Bonchev–Trinajstić information content (AvgIpc) is 3.51. The van der Waals surface area contributed by atoms with Gasteiger partial charge in [0.2, 0.25) is 0 Å². The van der Waals surface area contributed by atoms with E-state index in [0.717, 1.165) is 70.9 Å². The third-order valence-electron chi connectivity index (χ3n) is 8.53. The van der Waals surface area contributed by atoms with E-state index in [9.17, 15) is 1.37 Å². The highest BCUT2D eigenvalue weighted by Crippen LogP contribution is 2.47. The monoisotopic (exact) mass is 550 g/mol. The molecule has 0 saturated heterocycles. The van der Waals surface area contributed by atoms with Gasteiger partial charge in [0.1, 0.15) is 11.2 Å². The van der Waals surface area contributed by atoms with Crippen molar-refractivity contribution >= 4 is 54.3 Å². The Morgan fingerprint density at radius 2 is 1.05 bits per heavy atom. The lowest BCUT2D eigenvalue weighted by atomic mass is 9.85. The Balaban J connectivity index is 1.42. The van der Waals surface area contributed by atoms with Gasteiger partial charge in [0.15, 0.2) is 0 Å². The number of fused-ring (bicyclic) bond motifs is 7. The van der Waals surface area contributed by atoms with Crippen LogP contribution in [0.3, 0.4) is 0 Å². The summed E-state index contributed by atoms with van der Waals surface area (Å²) in [6.07, 6.45) is 0. The van der Waals surface area contributed by atoms with Crippen LogP contribution in [-0.4, -0.2) is 0 Å². The summed E-state index contributed by atoms with van der Waals surface area (Å²) in [5.41, 5.74) is 5.75. The number of rotatable bonds is 3. The molecule has 0 spiro atoms. The molecule has 1 nitrogen and oxygen atoms in total. The van der Waals surface area contributed by atoms with Crippen molar-refractivity contribution in [1.29, 1.82) is 0 Å². The molecule has 0 amide bonds. The predicted molar refractivity (Wildman–Crippen MR) is 183 cm³/mol. The van der Waals surface area contributed by atoms with Crippen LogP contribution in [-0.2, 0) is 0 Å². The van der Waals surface area contributed by atoms with Crippen molar-refractivity contribution in [2.24, 2.45) is 0 Å². The predicted octanol–water partition coefficient (Wildman–Crippen LogP) is 12.0. The van der Waals surface area contributed by atoms with Crippen molar-refractivity contribution in [2.75, 3.05) is 0 Å². The highest BCUT2D eigenvalue weighted by atomic mass is 16.3. The zero-order chi connectivity index (χ0) is 31.8. The highest BCUT2D eigenvalue weighted by molar-refractivity contribution is 6.26. The van der Waals surface area contributed by atoms with Crippen LogP contribution in [0.2, 0.25) is 0 Å². The number of hydrogen-bond acceptors (Lipinski definition) is 1. The van der Waals surface area contributed by atoms with Gasteiger partial charge in [-0.25, -0.2) is 0 Å². The summed E-state index contributed by atoms with van der Waals surface area (Å²) in [6, 6.07) is 44.1. The molecule has 43 heavy (non-hydrogen) atoms. The average molecular weight is 551 g/mol. The molecule has 0 aliphatic rings. The van der Waals surface area contributed by atoms with Crippen LogP contribution in [0, 0.1) is 0 Å². The van der Waals surface area contributed by atoms with Crippen LogP contribution >= 0.6 is 0 Å². The molecule has 0 fully saturated rings. The summed E-state index contributed by atoms with van der Waals surface area (Å²) in [5, 5.41) is 8.11. The first-order valence-corrected chi connectivity index (χ1v) is 14.5. The van der Waals surface area contributed by atoms with Gasteiger partial charge in [0.25, 0.3) is 0 Å². The summed E-state index contributed by atoms with van der Waals surface area (Å²) in [4.78, 5) is 0. The van der Waals surface area contributed by atoms with Crippen molar-refractivity contribution in [3.05, 3.63) is 158 Å². The fourth-order valence-electron chi connectivity index (χ4n) is 6.67. The molecule has 8 aromatic carbocycles. The van der Waals surface area contributed by atoms with Gasteiger partial charge < -0.3 is 4.42 Å². The normalized spacial score (nSPS) is 13.0. The van der Waals surface area contributed by atoms with Gasteiger partial charge in [0, 0.05) is 21.9 Å². The quantitative estimate of drug-likeness (QED) is 0.199. The molecule has 1 heteroatoms. The van der Waals surface area contributed by atoms with Crippen LogP contribution < -0.4 is 0 Å². The molecule has 1 heterocycles. The number of hydrogen-bond donors (Lipinski definition) is 0. The fraction of sp³-hybridized carbons (Fsp3) is 0. The van der Waals surface area contributed by atoms with Crippen LogP contribution in [0.1, 0.15) is 5.48 Å². The summed E-state index contributed by atoms with van der Waals surface area (Å²) in [6.45, 7) is 0. The van der Waals surface area contributed by atoms with Crippen molar-refractivity contribution in [2.45, 2.75) is 0 Å². The standard InChI is InChI=1S/C42H26O/c1-2-12-27(13-3-1)29-15-10-16-30(26-29)39-32-18-6-8-20-34(32)40(35-21-9-7-19-33(35)39)36-22-11-23-37-41-31-17-5-4-14-28(31)24-25-38(41)43-42(36)37/h1-26H/i10D,15D,16D,26D. The van der Waals surface area contributed by atoms with Gasteiger partial charge in [-0.05, 0) is 66.7 Å². The maximum atomic E-state index is 9.47. The van der Waals surface area contributed by atoms with Crippen LogP contribution in [0.4, 0.5) is 0 Å². The summed E-state index contributed by atoms with van der Waals surface area (Å²) in [5.74, 6) is 0. The Morgan fingerprint density at radius 1 is 0.442 bits per heavy atom. The first kappa shape index (κ1) is 20.3. The second kappa shape index (κ2) is 9.44. The molecule has 0 bridgehead atoms. The minimum atomic E-state index is -0.189. The molecule has 0 saturated carbocycles. The van der Waals surface area contributed by atoms with Crippen LogP contribution in [0.5, 0.6) is 0 Å². The van der Waals surface area contributed by atoms with Gasteiger partial charge in [-0.15, -0.1) is 0 Å². The Hall–Kier alpha value is -5.66. The van der Waals surface area contributed by atoms with E-state index in [1.807, 2.05) is 72.8 Å². The molecule has 0 N–H and O–H groups in total. The molecule has 1 aromatic heterocycles. The van der Waals surface area contributed by atoms with E-state index in [1.54, 1.807) is 0 Å². The van der Waals surface area contributed by atoms with E-state index >= 15 is 0 Å². The molecular weight excluding hydrogens is 520 g/mol. The van der Waals surface area contributed by atoms with E-state index in [-0.39, 0.29) is 24.2 Å². The number of para-hydroxylation sites is 1. The molecule has 0 aliphatic heterocycles. The Kier molecular flexibility index (Phi) is 4.45. The highest BCUT2D eigenvalue weighted by Gasteiger charge is 2.20. The van der Waals surface area contributed by atoms with Gasteiger partial charge in [-0.1, -0.05) is 146 Å².